The molecule has 0 radical (unpaired) electrons. The minimum absolute atomic E-state index is 0.00968. The van der Waals surface area contributed by atoms with E-state index in [4.69, 9.17) is 10.5 Å². The van der Waals surface area contributed by atoms with Gasteiger partial charge in [-0.15, -0.1) is 0 Å². The van der Waals surface area contributed by atoms with Crippen molar-refractivity contribution in [2.75, 3.05) is 5.73 Å². The van der Waals surface area contributed by atoms with Gasteiger partial charge in [-0.3, -0.25) is 0 Å². The number of aromatic nitrogens is 2. The van der Waals surface area contributed by atoms with E-state index < -0.39 is 7.12 Å². The lowest BCUT2D eigenvalue weighted by molar-refractivity contribution is 0.243. The van der Waals surface area contributed by atoms with Crippen LogP contribution in [0.1, 0.15) is 13.8 Å². The zero-order valence-electron chi connectivity index (χ0n) is 13.5. The number of ether oxygens (including phenoxy) is 1. The summed E-state index contributed by atoms with van der Waals surface area (Å²) >= 11 is 0. The van der Waals surface area contributed by atoms with Crippen LogP contribution < -0.4 is 15.9 Å². The molecule has 0 bridgehead atoms. The van der Waals surface area contributed by atoms with Gasteiger partial charge in [-0.05, 0) is 43.1 Å². The van der Waals surface area contributed by atoms with Crippen molar-refractivity contribution in [1.29, 1.82) is 0 Å². The molecular weight excluding hydrogens is 305 g/mol. The Morgan fingerprint density at radius 3 is 2.62 bits per heavy atom. The van der Waals surface area contributed by atoms with Crippen LogP contribution in [0.15, 0.2) is 42.6 Å². The van der Waals surface area contributed by atoms with E-state index in [2.05, 4.69) is 10.2 Å². The Morgan fingerprint density at radius 1 is 1.12 bits per heavy atom. The van der Waals surface area contributed by atoms with E-state index in [1.165, 1.54) is 6.20 Å². The molecule has 0 saturated carbocycles. The summed E-state index contributed by atoms with van der Waals surface area (Å²) in [6, 6.07) is 10.7. The third kappa shape index (κ3) is 3.17. The van der Waals surface area contributed by atoms with Crippen molar-refractivity contribution in [3.8, 4) is 16.9 Å². The average molecular weight is 323 g/mol. The fourth-order valence-electron chi connectivity index (χ4n) is 2.54. The summed E-state index contributed by atoms with van der Waals surface area (Å²) in [5.74, 6) is 0.658. The fraction of sp³-hybridized carbons (Fsp3) is 0.176. The molecule has 1 heterocycles. The van der Waals surface area contributed by atoms with Gasteiger partial charge in [0.2, 0.25) is 0 Å². The normalized spacial score (nSPS) is 11.0. The van der Waals surface area contributed by atoms with Gasteiger partial charge in [-0.25, -0.2) is 0 Å². The average Bonchev–Trinajstić information content (AvgIpc) is 2.54. The second-order valence-electron chi connectivity index (χ2n) is 5.83. The molecule has 122 valence electrons. The molecule has 0 aliphatic rings. The zero-order chi connectivity index (χ0) is 17.3. The Kier molecular flexibility index (Phi) is 4.37. The van der Waals surface area contributed by atoms with Gasteiger partial charge in [0.25, 0.3) is 0 Å². The molecule has 3 aromatic rings. The Hall–Kier alpha value is -2.64. The first-order chi connectivity index (χ1) is 11.5. The van der Waals surface area contributed by atoms with Crippen molar-refractivity contribution in [2.24, 2.45) is 0 Å². The molecular formula is C17H18BN3O3. The van der Waals surface area contributed by atoms with E-state index in [0.29, 0.717) is 22.4 Å². The van der Waals surface area contributed by atoms with Crippen molar-refractivity contribution in [3.05, 3.63) is 42.6 Å². The maximum atomic E-state index is 9.45. The van der Waals surface area contributed by atoms with Gasteiger partial charge in [0.15, 0.2) is 0 Å². The van der Waals surface area contributed by atoms with Crippen LogP contribution in [-0.2, 0) is 0 Å². The number of nitrogens with zero attached hydrogens (tertiary/aromatic N) is 2. The topological polar surface area (TPSA) is 101 Å². The van der Waals surface area contributed by atoms with Crippen molar-refractivity contribution in [2.45, 2.75) is 20.0 Å². The first kappa shape index (κ1) is 16.2. The van der Waals surface area contributed by atoms with E-state index in [1.807, 2.05) is 32.0 Å². The van der Waals surface area contributed by atoms with Crippen molar-refractivity contribution in [3.63, 3.8) is 0 Å². The van der Waals surface area contributed by atoms with Crippen LogP contribution in [0, 0.1) is 0 Å². The quantitative estimate of drug-likeness (QED) is 0.627. The molecule has 0 atom stereocenters. The molecule has 1 aromatic heterocycles. The molecule has 0 aliphatic heterocycles. The number of hydrogen-bond acceptors (Lipinski definition) is 6. The lowest BCUT2D eigenvalue weighted by Crippen LogP contribution is -2.29. The summed E-state index contributed by atoms with van der Waals surface area (Å²) in [7, 11) is -1.55. The SMILES string of the molecule is CC(C)Oc1ccc(B(O)O)cc1-c1ccc2c(N)cnnc2c1. The maximum Gasteiger partial charge on any atom is 0.488 e. The molecule has 3 rings (SSSR count). The molecule has 24 heavy (non-hydrogen) atoms. The third-order valence-corrected chi connectivity index (χ3v) is 3.65. The second-order valence-corrected chi connectivity index (χ2v) is 5.83. The number of anilines is 1. The van der Waals surface area contributed by atoms with Gasteiger partial charge in [-0.2, -0.15) is 10.2 Å². The molecule has 6 nitrogen and oxygen atoms in total. The smallest absolute Gasteiger partial charge is 0.488 e. The monoisotopic (exact) mass is 323 g/mol. The van der Waals surface area contributed by atoms with E-state index in [1.54, 1.807) is 18.2 Å². The van der Waals surface area contributed by atoms with Gasteiger partial charge >= 0.3 is 7.12 Å². The zero-order valence-corrected chi connectivity index (χ0v) is 13.5. The van der Waals surface area contributed by atoms with Crippen LogP contribution in [-0.4, -0.2) is 33.5 Å². The van der Waals surface area contributed by atoms with Gasteiger partial charge in [0.1, 0.15) is 5.75 Å². The Bertz CT molecular complexity index is 884. The van der Waals surface area contributed by atoms with E-state index in [0.717, 1.165) is 16.5 Å². The number of fused-ring (bicyclic) bond motifs is 1. The maximum absolute atomic E-state index is 9.45. The van der Waals surface area contributed by atoms with Crippen LogP contribution in [0.2, 0.25) is 0 Å². The summed E-state index contributed by atoms with van der Waals surface area (Å²) < 4.78 is 5.85. The summed E-state index contributed by atoms with van der Waals surface area (Å²) in [5, 5.41) is 27.7. The highest BCUT2D eigenvalue weighted by atomic mass is 16.5. The van der Waals surface area contributed by atoms with Gasteiger partial charge in [-0.1, -0.05) is 18.2 Å². The minimum Gasteiger partial charge on any atom is -0.490 e. The molecule has 0 fully saturated rings. The standard InChI is InChI=1S/C17H18BN3O3/c1-10(2)24-17-6-4-12(18(22)23)8-14(17)11-3-5-13-15(19)9-20-21-16(13)7-11/h3-10,22-23H,1-2H3,(H2,19,21). The van der Waals surface area contributed by atoms with Crippen LogP contribution in [0.3, 0.4) is 0 Å². The summed E-state index contributed by atoms with van der Waals surface area (Å²) in [6.07, 6.45) is 1.50. The molecule has 0 amide bonds. The minimum atomic E-state index is -1.55. The molecule has 0 spiro atoms. The van der Waals surface area contributed by atoms with Gasteiger partial charge in [0, 0.05) is 10.9 Å². The van der Waals surface area contributed by atoms with Crippen molar-refractivity contribution in [1.82, 2.24) is 10.2 Å². The highest BCUT2D eigenvalue weighted by Gasteiger charge is 2.16. The highest BCUT2D eigenvalue weighted by molar-refractivity contribution is 6.58. The molecule has 4 N–H and O–H groups in total. The molecule has 7 heteroatoms. The van der Waals surface area contributed by atoms with Crippen molar-refractivity contribution < 1.29 is 14.8 Å². The van der Waals surface area contributed by atoms with Gasteiger partial charge in [0.05, 0.1) is 23.5 Å². The summed E-state index contributed by atoms with van der Waals surface area (Å²) in [6.45, 7) is 3.87. The van der Waals surface area contributed by atoms with Crippen LogP contribution in [0.5, 0.6) is 5.75 Å². The van der Waals surface area contributed by atoms with Crippen LogP contribution in [0.4, 0.5) is 5.69 Å². The molecule has 0 aliphatic carbocycles. The number of benzene rings is 2. The fourth-order valence-corrected chi connectivity index (χ4v) is 2.54. The van der Waals surface area contributed by atoms with Gasteiger partial charge < -0.3 is 20.5 Å². The summed E-state index contributed by atoms with van der Waals surface area (Å²) in [4.78, 5) is 0. The summed E-state index contributed by atoms with van der Waals surface area (Å²) in [5.41, 5.74) is 9.11. The Balaban J connectivity index is 2.17. The lowest BCUT2D eigenvalue weighted by atomic mass is 9.79. The number of nitrogens with two attached hydrogens (primary N) is 1. The first-order valence-electron chi connectivity index (χ1n) is 7.63. The van der Waals surface area contributed by atoms with Crippen LogP contribution in [0.25, 0.3) is 22.0 Å². The first-order valence-corrected chi connectivity index (χ1v) is 7.63. The van der Waals surface area contributed by atoms with E-state index in [9.17, 15) is 10.0 Å². The largest absolute Gasteiger partial charge is 0.490 e. The highest BCUT2D eigenvalue weighted by Crippen LogP contribution is 2.32. The molecule has 0 saturated heterocycles. The van der Waals surface area contributed by atoms with Crippen molar-refractivity contribution >= 4 is 29.2 Å². The Labute approximate surface area is 140 Å². The molecule has 2 aromatic carbocycles. The number of rotatable bonds is 4. The van der Waals surface area contributed by atoms with E-state index >= 15 is 0 Å². The van der Waals surface area contributed by atoms with E-state index in [-0.39, 0.29) is 6.10 Å². The van der Waals surface area contributed by atoms with Crippen LogP contribution >= 0.6 is 0 Å². The molecule has 0 unspecified atom stereocenters. The number of hydrogen-bond donors (Lipinski definition) is 3. The Morgan fingerprint density at radius 2 is 1.92 bits per heavy atom. The predicted molar refractivity (Wildman–Crippen MR) is 95.0 cm³/mol. The predicted octanol–water partition coefficient (Wildman–Crippen LogP) is 1.35. The second kappa shape index (κ2) is 6.47. The third-order valence-electron chi connectivity index (χ3n) is 3.65. The number of nitrogen functional groups attached to an aromatic ring is 1. The lowest BCUT2D eigenvalue weighted by Gasteiger charge is -2.16.